The van der Waals surface area contributed by atoms with Crippen LogP contribution in [0.4, 0.5) is 4.39 Å². The first-order chi connectivity index (χ1) is 9.19. The Bertz CT molecular complexity index is 442. The number of hydrogen-bond donors (Lipinski definition) is 1. The van der Waals surface area contributed by atoms with E-state index in [1.165, 1.54) is 26.0 Å². The van der Waals surface area contributed by atoms with Crippen LogP contribution >= 0.6 is 0 Å². The molecule has 1 aliphatic rings. The van der Waals surface area contributed by atoms with Crippen molar-refractivity contribution in [2.75, 3.05) is 7.11 Å². The number of methoxy groups -OCH3 is 1. The van der Waals surface area contributed by atoms with Gasteiger partial charge in [-0.25, -0.2) is 4.39 Å². The molecule has 19 heavy (non-hydrogen) atoms. The van der Waals surface area contributed by atoms with Crippen LogP contribution in [0.2, 0.25) is 0 Å². The number of carbonyl (C=O) groups excluding carboxylic acids is 1. The van der Waals surface area contributed by atoms with Gasteiger partial charge in [-0.3, -0.25) is 4.79 Å². The Kier molecular flexibility index (Phi) is 4.77. The van der Waals surface area contributed by atoms with Gasteiger partial charge in [0.1, 0.15) is 0 Å². The maximum Gasteiger partial charge on any atom is 0.220 e. The molecule has 1 aromatic carbocycles. The first-order valence-electron chi connectivity index (χ1n) is 6.81. The normalized spacial score (nSPS) is 15.5. The van der Waals surface area contributed by atoms with Crippen LogP contribution in [-0.4, -0.2) is 19.1 Å². The van der Waals surface area contributed by atoms with E-state index in [0.29, 0.717) is 18.9 Å². The second-order valence-electron chi connectivity index (χ2n) is 5.02. The Balaban J connectivity index is 1.81. The summed E-state index contributed by atoms with van der Waals surface area (Å²) in [5, 5.41) is 3.03. The molecule has 1 amide bonds. The van der Waals surface area contributed by atoms with Crippen molar-refractivity contribution in [3.8, 4) is 5.75 Å². The number of benzene rings is 1. The van der Waals surface area contributed by atoms with Gasteiger partial charge in [0.05, 0.1) is 7.11 Å². The molecule has 1 fully saturated rings. The predicted octanol–water partition coefficient (Wildman–Crippen LogP) is 2.83. The topological polar surface area (TPSA) is 38.3 Å². The maximum absolute atomic E-state index is 13.5. The molecule has 0 radical (unpaired) electrons. The molecule has 3 nitrogen and oxygen atoms in total. The van der Waals surface area contributed by atoms with Crippen molar-refractivity contribution in [2.24, 2.45) is 0 Å². The number of carbonyl (C=O) groups is 1. The van der Waals surface area contributed by atoms with E-state index in [1.807, 2.05) is 0 Å². The van der Waals surface area contributed by atoms with Gasteiger partial charge in [0, 0.05) is 12.5 Å². The van der Waals surface area contributed by atoms with Gasteiger partial charge in [0.25, 0.3) is 0 Å². The Labute approximate surface area is 113 Å². The molecule has 1 aromatic rings. The average Bonchev–Trinajstić information content (AvgIpc) is 2.89. The molecule has 0 unspecified atom stereocenters. The van der Waals surface area contributed by atoms with Crippen LogP contribution in [0.5, 0.6) is 5.75 Å². The Morgan fingerprint density at radius 1 is 1.42 bits per heavy atom. The van der Waals surface area contributed by atoms with Crippen LogP contribution in [0.25, 0.3) is 0 Å². The van der Waals surface area contributed by atoms with Gasteiger partial charge in [-0.1, -0.05) is 18.9 Å². The molecule has 1 saturated carbocycles. The second-order valence-corrected chi connectivity index (χ2v) is 5.02. The smallest absolute Gasteiger partial charge is 0.220 e. The maximum atomic E-state index is 13.5. The fraction of sp³-hybridized carbons (Fsp3) is 0.533. The SMILES string of the molecule is COc1ccc(CCC(=O)NC2CCCC2)cc1F. The van der Waals surface area contributed by atoms with E-state index in [0.717, 1.165) is 18.4 Å². The molecule has 0 aromatic heterocycles. The van der Waals surface area contributed by atoms with E-state index in [4.69, 9.17) is 4.74 Å². The van der Waals surface area contributed by atoms with Gasteiger partial charge >= 0.3 is 0 Å². The average molecular weight is 265 g/mol. The Morgan fingerprint density at radius 3 is 2.79 bits per heavy atom. The van der Waals surface area contributed by atoms with E-state index < -0.39 is 0 Å². The largest absolute Gasteiger partial charge is 0.494 e. The van der Waals surface area contributed by atoms with Crippen LogP contribution in [0, 0.1) is 5.82 Å². The summed E-state index contributed by atoms with van der Waals surface area (Å²) in [7, 11) is 1.44. The van der Waals surface area contributed by atoms with Gasteiger partial charge in [0.2, 0.25) is 5.91 Å². The number of halogens is 1. The fourth-order valence-corrected chi connectivity index (χ4v) is 2.49. The highest BCUT2D eigenvalue weighted by Gasteiger charge is 2.16. The summed E-state index contributed by atoms with van der Waals surface area (Å²) in [5.74, 6) is -0.0847. The zero-order valence-corrected chi connectivity index (χ0v) is 11.2. The molecule has 0 spiro atoms. The molecular weight excluding hydrogens is 245 g/mol. The van der Waals surface area contributed by atoms with Crippen molar-refractivity contribution >= 4 is 5.91 Å². The summed E-state index contributed by atoms with van der Waals surface area (Å²) in [6.45, 7) is 0. The van der Waals surface area contributed by atoms with Gasteiger partial charge in [-0.05, 0) is 37.0 Å². The molecule has 104 valence electrons. The van der Waals surface area contributed by atoms with Crippen molar-refractivity contribution in [1.82, 2.24) is 5.32 Å². The lowest BCUT2D eigenvalue weighted by atomic mass is 10.1. The minimum Gasteiger partial charge on any atom is -0.494 e. The Hall–Kier alpha value is -1.58. The number of hydrogen-bond acceptors (Lipinski definition) is 2. The number of ether oxygens (including phenoxy) is 1. The van der Waals surface area contributed by atoms with Crippen LogP contribution < -0.4 is 10.1 Å². The van der Waals surface area contributed by atoms with E-state index in [1.54, 1.807) is 12.1 Å². The van der Waals surface area contributed by atoms with Crippen LogP contribution in [-0.2, 0) is 11.2 Å². The first kappa shape index (κ1) is 13.8. The van der Waals surface area contributed by atoms with Crippen LogP contribution in [0.1, 0.15) is 37.7 Å². The highest BCUT2D eigenvalue weighted by atomic mass is 19.1. The first-order valence-corrected chi connectivity index (χ1v) is 6.81. The Morgan fingerprint density at radius 2 is 2.16 bits per heavy atom. The standard InChI is InChI=1S/C15H20FNO2/c1-19-14-8-6-11(10-13(14)16)7-9-15(18)17-12-4-2-3-5-12/h6,8,10,12H,2-5,7,9H2,1H3,(H,17,18). The lowest BCUT2D eigenvalue weighted by molar-refractivity contribution is -0.121. The molecular formula is C15H20FNO2. The summed E-state index contributed by atoms with van der Waals surface area (Å²) in [6.07, 6.45) is 5.54. The van der Waals surface area contributed by atoms with Crippen LogP contribution in [0.3, 0.4) is 0 Å². The molecule has 0 heterocycles. The fourth-order valence-electron chi connectivity index (χ4n) is 2.49. The molecule has 0 bridgehead atoms. The van der Waals surface area contributed by atoms with Crippen LogP contribution in [0.15, 0.2) is 18.2 Å². The van der Waals surface area contributed by atoms with E-state index in [9.17, 15) is 9.18 Å². The van der Waals surface area contributed by atoms with Crippen molar-refractivity contribution in [3.63, 3.8) is 0 Å². The number of aryl methyl sites for hydroxylation is 1. The monoisotopic (exact) mass is 265 g/mol. The third-order valence-corrected chi connectivity index (χ3v) is 3.58. The third-order valence-electron chi connectivity index (χ3n) is 3.58. The van der Waals surface area contributed by atoms with E-state index in [-0.39, 0.29) is 17.5 Å². The molecule has 0 saturated heterocycles. The molecule has 1 aliphatic carbocycles. The van der Waals surface area contributed by atoms with Crippen molar-refractivity contribution in [2.45, 2.75) is 44.6 Å². The zero-order chi connectivity index (χ0) is 13.7. The quantitative estimate of drug-likeness (QED) is 0.889. The molecule has 1 N–H and O–H groups in total. The van der Waals surface area contributed by atoms with Gasteiger partial charge in [-0.2, -0.15) is 0 Å². The third kappa shape index (κ3) is 3.94. The number of amides is 1. The lowest BCUT2D eigenvalue weighted by Gasteiger charge is -2.11. The highest BCUT2D eigenvalue weighted by molar-refractivity contribution is 5.76. The summed E-state index contributed by atoms with van der Waals surface area (Å²) < 4.78 is 18.3. The lowest BCUT2D eigenvalue weighted by Crippen LogP contribution is -2.32. The van der Waals surface area contributed by atoms with Crippen molar-refractivity contribution in [3.05, 3.63) is 29.6 Å². The molecule has 4 heteroatoms. The molecule has 2 rings (SSSR count). The second kappa shape index (κ2) is 6.55. The number of rotatable bonds is 5. The minimum atomic E-state index is -0.379. The summed E-state index contributed by atoms with van der Waals surface area (Å²) >= 11 is 0. The summed E-state index contributed by atoms with van der Waals surface area (Å²) in [6, 6.07) is 5.17. The van der Waals surface area contributed by atoms with Gasteiger partial charge < -0.3 is 10.1 Å². The van der Waals surface area contributed by atoms with Gasteiger partial charge in [0.15, 0.2) is 11.6 Å². The summed E-state index contributed by atoms with van der Waals surface area (Å²) in [4.78, 5) is 11.8. The van der Waals surface area contributed by atoms with Crippen molar-refractivity contribution in [1.29, 1.82) is 0 Å². The minimum absolute atomic E-state index is 0.0585. The van der Waals surface area contributed by atoms with Crippen molar-refractivity contribution < 1.29 is 13.9 Å². The molecule has 0 aliphatic heterocycles. The van der Waals surface area contributed by atoms with Gasteiger partial charge in [-0.15, -0.1) is 0 Å². The van der Waals surface area contributed by atoms with E-state index in [2.05, 4.69) is 5.32 Å². The zero-order valence-electron chi connectivity index (χ0n) is 11.2. The predicted molar refractivity (Wildman–Crippen MR) is 71.7 cm³/mol. The summed E-state index contributed by atoms with van der Waals surface area (Å²) in [5.41, 5.74) is 0.819. The van der Waals surface area contributed by atoms with E-state index >= 15 is 0 Å². The number of nitrogens with one attached hydrogen (secondary N) is 1. The molecule has 0 atom stereocenters. The highest BCUT2D eigenvalue weighted by Crippen LogP contribution is 2.19.